The van der Waals surface area contributed by atoms with Gasteiger partial charge in [0, 0.05) is 25.8 Å². The van der Waals surface area contributed by atoms with Gasteiger partial charge in [0.05, 0.1) is 17.8 Å². The largest absolute Gasteiger partial charge is 0.311 e. The van der Waals surface area contributed by atoms with E-state index in [-0.39, 0.29) is 11.8 Å². The normalized spacial score (nSPS) is 18.3. The molecule has 4 nitrogen and oxygen atoms in total. The predicted octanol–water partition coefficient (Wildman–Crippen LogP) is 3.35. The molecule has 3 rings (SSSR count). The second-order valence-corrected chi connectivity index (χ2v) is 6.35. The monoisotopic (exact) mass is 323 g/mol. The number of aromatic nitrogens is 1. The van der Waals surface area contributed by atoms with Gasteiger partial charge in [-0.15, -0.1) is 0 Å². The summed E-state index contributed by atoms with van der Waals surface area (Å²) in [5.74, 6) is 0.297. The minimum atomic E-state index is 0.0719. The summed E-state index contributed by atoms with van der Waals surface area (Å²) in [5, 5.41) is 0. The Bertz CT molecular complexity index is 644. The number of nitrogens with zero attached hydrogens (tertiary/aromatic N) is 3. The number of benzene rings is 1. The minimum Gasteiger partial charge on any atom is -0.311 e. The molecule has 1 aromatic carbocycles. The van der Waals surface area contributed by atoms with Gasteiger partial charge >= 0.3 is 0 Å². The van der Waals surface area contributed by atoms with Gasteiger partial charge in [0.15, 0.2) is 0 Å². The average Bonchev–Trinajstić information content (AvgIpc) is 2.64. The summed E-state index contributed by atoms with van der Waals surface area (Å²) in [6, 6.07) is 14.3. The lowest BCUT2D eigenvalue weighted by atomic mass is 9.95. The fraction of sp³-hybridized carbons (Fsp3) is 0.400. The smallest absolute Gasteiger partial charge is 0.231 e. The van der Waals surface area contributed by atoms with E-state index in [2.05, 4.69) is 34.1 Å². The maximum atomic E-state index is 13.0. The second kappa shape index (κ2) is 8.06. The molecule has 1 fully saturated rings. The fourth-order valence-corrected chi connectivity index (χ4v) is 3.44. The molecule has 1 amide bonds. The Kier molecular flexibility index (Phi) is 5.59. The number of pyridine rings is 1. The van der Waals surface area contributed by atoms with E-state index in [1.54, 1.807) is 12.4 Å². The van der Waals surface area contributed by atoms with Gasteiger partial charge in [0.2, 0.25) is 5.91 Å². The highest BCUT2D eigenvalue weighted by Crippen LogP contribution is 2.23. The summed E-state index contributed by atoms with van der Waals surface area (Å²) in [4.78, 5) is 21.4. The summed E-state index contributed by atoms with van der Waals surface area (Å²) in [6.07, 6.45) is 5.56. The molecule has 1 atom stereocenters. The van der Waals surface area contributed by atoms with Gasteiger partial charge in [-0.2, -0.15) is 0 Å². The van der Waals surface area contributed by atoms with E-state index < -0.39 is 0 Å². The molecular formula is C20H25N3O. The van der Waals surface area contributed by atoms with Crippen LogP contribution in [0.2, 0.25) is 0 Å². The highest BCUT2D eigenvalue weighted by molar-refractivity contribution is 5.95. The molecule has 126 valence electrons. The Balaban J connectivity index is 1.66. The molecule has 2 heterocycles. The first-order valence-corrected chi connectivity index (χ1v) is 8.75. The number of piperidine rings is 1. The quantitative estimate of drug-likeness (QED) is 0.847. The van der Waals surface area contributed by atoms with Crippen LogP contribution in [0.3, 0.4) is 0 Å². The molecule has 0 radical (unpaired) electrons. The van der Waals surface area contributed by atoms with Crippen LogP contribution in [-0.2, 0) is 11.3 Å². The number of hydrogen-bond donors (Lipinski definition) is 0. The van der Waals surface area contributed by atoms with Gasteiger partial charge in [-0.3, -0.25) is 14.7 Å². The molecule has 1 aromatic heterocycles. The lowest BCUT2D eigenvalue weighted by Crippen LogP contribution is -2.44. The third-order valence-electron chi connectivity index (χ3n) is 4.64. The van der Waals surface area contributed by atoms with Crippen LogP contribution in [0.25, 0.3) is 0 Å². The van der Waals surface area contributed by atoms with Crippen LogP contribution in [0.15, 0.2) is 54.9 Å². The second-order valence-electron chi connectivity index (χ2n) is 6.35. The van der Waals surface area contributed by atoms with Crippen molar-refractivity contribution in [2.75, 3.05) is 24.5 Å². The number of carbonyl (C=O) groups excluding carboxylic acids is 1. The maximum Gasteiger partial charge on any atom is 0.231 e. The lowest BCUT2D eigenvalue weighted by Gasteiger charge is -2.34. The van der Waals surface area contributed by atoms with Crippen molar-refractivity contribution in [3.63, 3.8) is 0 Å². The van der Waals surface area contributed by atoms with Gasteiger partial charge in [-0.1, -0.05) is 30.3 Å². The predicted molar refractivity (Wildman–Crippen MR) is 96.7 cm³/mol. The minimum absolute atomic E-state index is 0.0719. The molecular weight excluding hydrogens is 298 g/mol. The summed E-state index contributed by atoms with van der Waals surface area (Å²) in [5.41, 5.74) is 2.20. The molecule has 4 heteroatoms. The molecule has 0 saturated carbocycles. The number of carbonyl (C=O) groups is 1. The van der Waals surface area contributed by atoms with Crippen molar-refractivity contribution in [2.24, 2.45) is 5.92 Å². The Morgan fingerprint density at radius 1 is 1.25 bits per heavy atom. The van der Waals surface area contributed by atoms with E-state index in [4.69, 9.17) is 0 Å². The highest BCUT2D eigenvalue weighted by atomic mass is 16.2. The Labute approximate surface area is 144 Å². The topological polar surface area (TPSA) is 36.4 Å². The van der Waals surface area contributed by atoms with E-state index in [0.717, 1.165) is 38.2 Å². The number of anilines is 1. The molecule has 1 aliphatic rings. The number of likely N-dealkylation sites (tertiary alicyclic amines) is 1. The first-order chi connectivity index (χ1) is 11.8. The first kappa shape index (κ1) is 16.7. The number of amides is 1. The van der Waals surface area contributed by atoms with Crippen molar-refractivity contribution in [1.82, 2.24) is 9.88 Å². The van der Waals surface area contributed by atoms with Crippen molar-refractivity contribution < 1.29 is 4.79 Å². The number of hydrogen-bond acceptors (Lipinski definition) is 3. The van der Waals surface area contributed by atoms with Crippen LogP contribution in [0.1, 0.15) is 25.3 Å². The van der Waals surface area contributed by atoms with E-state index >= 15 is 0 Å². The average molecular weight is 323 g/mol. The molecule has 0 spiro atoms. The van der Waals surface area contributed by atoms with E-state index in [1.807, 2.05) is 30.0 Å². The van der Waals surface area contributed by atoms with Crippen molar-refractivity contribution >= 4 is 11.6 Å². The molecule has 0 bridgehead atoms. The van der Waals surface area contributed by atoms with E-state index in [0.29, 0.717) is 6.54 Å². The van der Waals surface area contributed by atoms with Crippen LogP contribution in [-0.4, -0.2) is 35.4 Å². The first-order valence-electron chi connectivity index (χ1n) is 8.75. The van der Waals surface area contributed by atoms with Crippen molar-refractivity contribution in [3.8, 4) is 0 Å². The molecule has 24 heavy (non-hydrogen) atoms. The Hall–Kier alpha value is -2.20. The van der Waals surface area contributed by atoms with Gasteiger partial charge in [-0.25, -0.2) is 0 Å². The van der Waals surface area contributed by atoms with Crippen LogP contribution in [0, 0.1) is 5.92 Å². The maximum absolute atomic E-state index is 13.0. The molecule has 0 N–H and O–H groups in total. The van der Waals surface area contributed by atoms with Crippen molar-refractivity contribution in [1.29, 1.82) is 0 Å². The molecule has 0 aliphatic carbocycles. The zero-order chi connectivity index (χ0) is 16.8. The van der Waals surface area contributed by atoms with Crippen LogP contribution in [0.5, 0.6) is 0 Å². The Morgan fingerprint density at radius 2 is 2.08 bits per heavy atom. The van der Waals surface area contributed by atoms with Gasteiger partial charge in [0.1, 0.15) is 0 Å². The third kappa shape index (κ3) is 4.01. The van der Waals surface area contributed by atoms with Crippen molar-refractivity contribution in [3.05, 3.63) is 60.4 Å². The van der Waals surface area contributed by atoms with Gasteiger partial charge in [0.25, 0.3) is 0 Å². The van der Waals surface area contributed by atoms with Crippen LogP contribution in [0.4, 0.5) is 5.69 Å². The molecule has 1 unspecified atom stereocenters. The van der Waals surface area contributed by atoms with Gasteiger partial charge < -0.3 is 4.90 Å². The summed E-state index contributed by atoms with van der Waals surface area (Å²) in [6.45, 7) is 5.53. The van der Waals surface area contributed by atoms with Crippen LogP contribution < -0.4 is 4.90 Å². The third-order valence-corrected chi connectivity index (χ3v) is 4.64. The Morgan fingerprint density at radius 3 is 2.79 bits per heavy atom. The van der Waals surface area contributed by atoms with E-state index in [9.17, 15) is 4.79 Å². The van der Waals surface area contributed by atoms with Crippen LogP contribution >= 0.6 is 0 Å². The standard InChI is InChI=1S/C20H25N3O/c1-2-23(19-11-6-12-21-14-19)20(24)18-10-7-13-22(16-18)15-17-8-4-3-5-9-17/h3-6,8-9,11-12,14,18H,2,7,10,13,15-16H2,1H3. The summed E-state index contributed by atoms with van der Waals surface area (Å²) < 4.78 is 0. The SMILES string of the molecule is CCN(C(=O)C1CCCN(Cc2ccccc2)C1)c1cccnc1. The van der Waals surface area contributed by atoms with Gasteiger partial charge in [-0.05, 0) is 44.0 Å². The molecule has 1 saturated heterocycles. The van der Waals surface area contributed by atoms with E-state index in [1.165, 1.54) is 5.56 Å². The number of rotatable bonds is 5. The lowest BCUT2D eigenvalue weighted by molar-refractivity contribution is -0.124. The van der Waals surface area contributed by atoms with Crippen molar-refractivity contribution in [2.45, 2.75) is 26.3 Å². The summed E-state index contributed by atoms with van der Waals surface area (Å²) in [7, 11) is 0. The molecule has 2 aromatic rings. The summed E-state index contributed by atoms with van der Waals surface area (Å²) >= 11 is 0. The fourth-order valence-electron chi connectivity index (χ4n) is 3.44. The zero-order valence-corrected chi connectivity index (χ0v) is 14.3. The molecule has 1 aliphatic heterocycles. The highest BCUT2D eigenvalue weighted by Gasteiger charge is 2.29. The zero-order valence-electron chi connectivity index (χ0n) is 14.3.